The van der Waals surface area contributed by atoms with Crippen LogP contribution in [0, 0.1) is 12.7 Å². The molecule has 0 unspecified atom stereocenters. The van der Waals surface area contributed by atoms with Crippen LogP contribution < -0.4 is 20.9 Å². The quantitative estimate of drug-likeness (QED) is 0.332. The van der Waals surface area contributed by atoms with Crippen molar-refractivity contribution in [3.05, 3.63) is 86.3 Å². The van der Waals surface area contributed by atoms with Gasteiger partial charge in [-0.15, -0.1) is 0 Å². The van der Waals surface area contributed by atoms with Crippen LogP contribution in [0.5, 0.6) is 5.75 Å². The molecule has 42 heavy (non-hydrogen) atoms. The van der Waals surface area contributed by atoms with Gasteiger partial charge in [0.25, 0.3) is 5.56 Å². The number of anilines is 1. The summed E-state index contributed by atoms with van der Waals surface area (Å²) in [6.45, 7) is 10.2. The number of hydrogen-bond donors (Lipinski definition) is 0. The van der Waals surface area contributed by atoms with Crippen LogP contribution in [0.4, 0.5) is 10.2 Å². The summed E-state index contributed by atoms with van der Waals surface area (Å²) >= 11 is 6.93. The lowest BCUT2D eigenvalue weighted by Crippen LogP contribution is -2.56. The molecule has 0 bridgehead atoms. The SMILES string of the molecule is C=CC(=O)N1CCN2c3nc(=O)n(-c4c(C)ccc(=O)n4C(C)C)c4nc(-c5ccccc5F)c(Cl)c(c34)OC[C@H]2C1. The van der Waals surface area contributed by atoms with Crippen LogP contribution in [-0.2, 0) is 4.79 Å². The van der Waals surface area contributed by atoms with Crippen molar-refractivity contribution in [3.8, 4) is 22.8 Å². The molecule has 1 aromatic carbocycles. The lowest BCUT2D eigenvalue weighted by molar-refractivity contribution is -0.126. The summed E-state index contributed by atoms with van der Waals surface area (Å²) in [4.78, 5) is 52.4. The van der Waals surface area contributed by atoms with Gasteiger partial charge in [0.05, 0.1) is 11.7 Å². The Morgan fingerprint density at radius 2 is 1.93 bits per heavy atom. The molecule has 1 saturated heterocycles. The van der Waals surface area contributed by atoms with Gasteiger partial charge >= 0.3 is 5.69 Å². The molecule has 1 amide bonds. The average Bonchev–Trinajstić information content (AvgIpc) is 3.13. The number of pyridine rings is 2. The highest BCUT2D eigenvalue weighted by molar-refractivity contribution is 6.36. The maximum atomic E-state index is 15.1. The first-order valence-corrected chi connectivity index (χ1v) is 13.9. The summed E-state index contributed by atoms with van der Waals surface area (Å²) < 4.78 is 24.2. The molecule has 0 saturated carbocycles. The molecule has 12 heteroatoms. The van der Waals surface area contributed by atoms with Gasteiger partial charge in [0.2, 0.25) is 5.91 Å². The van der Waals surface area contributed by atoms with E-state index in [1.54, 1.807) is 36.1 Å². The minimum Gasteiger partial charge on any atom is -0.489 e. The molecule has 4 aromatic rings. The topological polar surface area (TPSA) is 103 Å². The van der Waals surface area contributed by atoms with Crippen molar-refractivity contribution in [1.29, 1.82) is 0 Å². The summed E-state index contributed by atoms with van der Waals surface area (Å²) in [6, 6.07) is 8.47. The van der Waals surface area contributed by atoms with E-state index in [9.17, 15) is 14.4 Å². The number of fused-ring (bicyclic) bond motifs is 2. The largest absolute Gasteiger partial charge is 0.489 e. The Balaban J connectivity index is 1.72. The van der Waals surface area contributed by atoms with E-state index in [1.165, 1.54) is 27.3 Å². The summed E-state index contributed by atoms with van der Waals surface area (Å²) in [6.07, 6.45) is 1.26. The van der Waals surface area contributed by atoms with Crippen LogP contribution in [0.3, 0.4) is 0 Å². The highest BCUT2D eigenvalue weighted by Crippen LogP contribution is 2.45. The Morgan fingerprint density at radius 3 is 2.64 bits per heavy atom. The lowest BCUT2D eigenvalue weighted by Gasteiger charge is -2.40. The van der Waals surface area contributed by atoms with E-state index in [0.717, 1.165) is 0 Å². The molecule has 2 aliphatic heterocycles. The Kier molecular flexibility index (Phi) is 6.84. The van der Waals surface area contributed by atoms with Crippen LogP contribution in [0.25, 0.3) is 28.1 Å². The van der Waals surface area contributed by atoms with Gasteiger partial charge in [0, 0.05) is 37.3 Å². The summed E-state index contributed by atoms with van der Waals surface area (Å²) in [7, 11) is 0. The number of rotatable bonds is 4. The highest BCUT2D eigenvalue weighted by atomic mass is 35.5. The third kappa shape index (κ3) is 4.27. The van der Waals surface area contributed by atoms with Crippen molar-refractivity contribution < 1.29 is 13.9 Å². The number of aromatic nitrogens is 4. The number of aryl methyl sites for hydroxylation is 1. The van der Waals surface area contributed by atoms with Crippen molar-refractivity contribution in [3.63, 3.8) is 0 Å². The third-order valence-electron chi connectivity index (χ3n) is 7.72. The minimum absolute atomic E-state index is 0.0609. The number of piperazine rings is 1. The Bertz CT molecular complexity index is 1900. The second kappa shape index (κ2) is 10.4. The minimum atomic E-state index is -0.675. The van der Waals surface area contributed by atoms with E-state index in [-0.39, 0.29) is 57.8 Å². The van der Waals surface area contributed by atoms with Gasteiger partial charge in [-0.2, -0.15) is 4.98 Å². The zero-order valence-corrected chi connectivity index (χ0v) is 24.1. The van der Waals surface area contributed by atoms with Crippen LogP contribution in [-0.4, -0.2) is 62.2 Å². The number of amides is 1. The van der Waals surface area contributed by atoms with Crippen LogP contribution in [0.2, 0.25) is 5.02 Å². The molecule has 0 spiro atoms. The molecule has 6 rings (SSSR count). The predicted octanol–water partition coefficient (Wildman–Crippen LogP) is 3.89. The molecule has 10 nitrogen and oxygen atoms in total. The van der Waals surface area contributed by atoms with Crippen molar-refractivity contribution in [1.82, 2.24) is 24.0 Å². The van der Waals surface area contributed by atoms with E-state index < -0.39 is 11.5 Å². The van der Waals surface area contributed by atoms with Crippen molar-refractivity contribution in [2.45, 2.75) is 32.9 Å². The summed E-state index contributed by atoms with van der Waals surface area (Å²) in [5, 5.41) is 0.419. The van der Waals surface area contributed by atoms with E-state index in [4.69, 9.17) is 21.3 Å². The fourth-order valence-electron chi connectivity index (χ4n) is 5.76. The monoisotopic (exact) mass is 590 g/mol. The number of hydrogen-bond acceptors (Lipinski definition) is 7. The van der Waals surface area contributed by atoms with E-state index in [2.05, 4.69) is 11.6 Å². The van der Waals surface area contributed by atoms with Gasteiger partial charge in [0.1, 0.15) is 34.5 Å². The second-order valence-corrected chi connectivity index (χ2v) is 11.0. The van der Waals surface area contributed by atoms with Crippen LogP contribution in [0.1, 0.15) is 25.5 Å². The number of halogens is 2. The molecule has 0 aliphatic carbocycles. The first kappa shape index (κ1) is 27.6. The number of ether oxygens (including phenoxy) is 1. The molecule has 0 N–H and O–H groups in total. The Morgan fingerprint density at radius 1 is 1.17 bits per heavy atom. The van der Waals surface area contributed by atoms with Crippen LogP contribution in [0.15, 0.2) is 58.6 Å². The number of nitrogens with zero attached hydrogens (tertiary/aromatic N) is 6. The fourth-order valence-corrected chi connectivity index (χ4v) is 6.05. The molecule has 5 heterocycles. The maximum absolute atomic E-state index is 15.1. The van der Waals surface area contributed by atoms with Crippen molar-refractivity contribution in [2.24, 2.45) is 0 Å². The van der Waals surface area contributed by atoms with Crippen molar-refractivity contribution >= 4 is 34.4 Å². The molecule has 1 atom stereocenters. The van der Waals surface area contributed by atoms with Gasteiger partial charge in [0.15, 0.2) is 11.4 Å². The van der Waals surface area contributed by atoms with Gasteiger partial charge in [-0.25, -0.2) is 18.7 Å². The van der Waals surface area contributed by atoms with Crippen molar-refractivity contribution in [2.75, 3.05) is 31.1 Å². The molecule has 1 fully saturated rings. The second-order valence-electron chi connectivity index (χ2n) is 10.6. The van der Waals surface area contributed by atoms with Gasteiger partial charge < -0.3 is 14.5 Å². The zero-order chi connectivity index (χ0) is 29.9. The Hall–Kier alpha value is -4.51. The normalized spacial score (nSPS) is 16.3. The maximum Gasteiger partial charge on any atom is 0.357 e. The number of carbonyl (C=O) groups excluding carboxylic acids is 1. The van der Waals surface area contributed by atoms with E-state index in [0.29, 0.717) is 42.2 Å². The number of carbonyl (C=O) groups is 1. The summed E-state index contributed by atoms with van der Waals surface area (Å²) in [5.41, 5.74) is -0.0171. The fraction of sp³-hybridized carbons (Fsp3) is 0.300. The van der Waals surface area contributed by atoms with E-state index in [1.807, 2.05) is 18.7 Å². The molecule has 2 aliphatic rings. The first-order chi connectivity index (χ1) is 20.1. The highest BCUT2D eigenvalue weighted by Gasteiger charge is 2.37. The Labute approximate surface area is 245 Å². The first-order valence-electron chi connectivity index (χ1n) is 13.6. The van der Waals surface area contributed by atoms with Crippen LogP contribution >= 0.6 is 11.6 Å². The average molecular weight is 591 g/mol. The molecule has 216 valence electrons. The molecule has 0 radical (unpaired) electrons. The molecular weight excluding hydrogens is 563 g/mol. The zero-order valence-electron chi connectivity index (χ0n) is 23.3. The van der Waals surface area contributed by atoms with Gasteiger partial charge in [-0.3, -0.25) is 14.2 Å². The number of benzene rings is 1. The standard InChI is InChI=1S/C30H28ClFN6O4/c1-5-21(39)35-12-13-36-18(14-35)15-42-26-23-27(36)34-30(41)38(29-17(4)10-11-22(40)37(29)16(2)3)28(23)33-25(24(26)31)19-8-6-7-9-20(19)32/h5-11,16,18H,1,12-15H2,2-4H3/t18-/m1/s1. The summed E-state index contributed by atoms with van der Waals surface area (Å²) in [5.74, 6) is 0.0260. The smallest absolute Gasteiger partial charge is 0.357 e. The predicted molar refractivity (Wildman–Crippen MR) is 158 cm³/mol. The third-order valence-corrected chi connectivity index (χ3v) is 8.07. The molecule has 3 aromatic heterocycles. The van der Waals surface area contributed by atoms with E-state index >= 15 is 4.39 Å². The lowest BCUT2D eigenvalue weighted by atomic mass is 10.1. The van der Waals surface area contributed by atoms with Gasteiger partial charge in [-0.1, -0.05) is 36.4 Å². The molecular formula is C30H28ClFN6O4. The van der Waals surface area contributed by atoms with Gasteiger partial charge in [-0.05, 0) is 44.5 Å².